The molecule has 0 aromatic rings. The van der Waals surface area contributed by atoms with Crippen LogP contribution < -0.4 is 5.73 Å². The summed E-state index contributed by atoms with van der Waals surface area (Å²) in [5.41, 5.74) is 6.32. The van der Waals surface area contributed by atoms with Gasteiger partial charge in [0, 0.05) is 6.54 Å². The highest BCUT2D eigenvalue weighted by atomic mass is 15.4. The second-order valence-corrected chi connectivity index (χ2v) is 5.42. The highest BCUT2D eigenvalue weighted by Crippen LogP contribution is 2.40. The average molecular weight is 223 g/mol. The smallest absolute Gasteiger partial charge is 0.191 e. The summed E-state index contributed by atoms with van der Waals surface area (Å²) in [4.78, 5) is 6.90. The summed E-state index contributed by atoms with van der Waals surface area (Å²) in [7, 11) is 0. The Morgan fingerprint density at radius 2 is 2.31 bits per heavy atom. The van der Waals surface area contributed by atoms with Crippen LogP contribution in [0, 0.1) is 5.92 Å². The van der Waals surface area contributed by atoms with E-state index in [1.54, 1.807) is 0 Å². The van der Waals surface area contributed by atoms with Crippen LogP contribution in [0.1, 0.15) is 52.4 Å². The second kappa shape index (κ2) is 4.64. The highest BCUT2D eigenvalue weighted by molar-refractivity contribution is 5.81. The van der Waals surface area contributed by atoms with E-state index < -0.39 is 0 Å². The van der Waals surface area contributed by atoms with Gasteiger partial charge in [0.1, 0.15) is 0 Å². The van der Waals surface area contributed by atoms with E-state index in [9.17, 15) is 0 Å². The number of hydrogen-bond donors (Lipinski definition) is 1. The average Bonchev–Trinajstić information content (AvgIpc) is 2.59. The van der Waals surface area contributed by atoms with Gasteiger partial charge in [-0.3, -0.25) is 4.99 Å². The Bertz CT molecular complexity index is 274. The minimum atomic E-state index is 0.291. The first-order valence-corrected chi connectivity index (χ1v) is 6.79. The molecule has 1 spiro atoms. The Balaban J connectivity index is 2.11. The van der Waals surface area contributed by atoms with Crippen molar-refractivity contribution in [2.75, 3.05) is 13.1 Å². The molecular weight excluding hydrogens is 198 g/mol. The lowest BCUT2D eigenvalue weighted by Gasteiger charge is -2.44. The normalized spacial score (nSPS) is 34.5. The van der Waals surface area contributed by atoms with Gasteiger partial charge >= 0.3 is 0 Å². The van der Waals surface area contributed by atoms with E-state index in [1.165, 1.54) is 32.1 Å². The van der Waals surface area contributed by atoms with E-state index in [-0.39, 0.29) is 0 Å². The Hall–Kier alpha value is -0.730. The molecular formula is C13H25N3. The van der Waals surface area contributed by atoms with Crippen molar-refractivity contribution in [3.05, 3.63) is 0 Å². The van der Waals surface area contributed by atoms with Crippen LogP contribution in [0.25, 0.3) is 0 Å². The van der Waals surface area contributed by atoms with Crippen molar-refractivity contribution in [3.63, 3.8) is 0 Å². The van der Waals surface area contributed by atoms with Gasteiger partial charge in [-0.15, -0.1) is 0 Å². The fraction of sp³-hybridized carbons (Fsp3) is 0.923. The number of aliphatic imine (C=N–C) groups is 1. The molecule has 1 saturated carbocycles. The third kappa shape index (κ3) is 1.92. The number of nitrogens with two attached hydrogens (primary N) is 1. The molecule has 2 rings (SSSR count). The molecule has 92 valence electrons. The molecule has 3 heteroatoms. The van der Waals surface area contributed by atoms with E-state index in [0.29, 0.717) is 5.54 Å². The summed E-state index contributed by atoms with van der Waals surface area (Å²) in [6, 6.07) is 0. The number of nitrogens with zero attached hydrogens (tertiary/aromatic N) is 2. The predicted octanol–water partition coefficient (Wildman–Crippen LogP) is 2.37. The maximum atomic E-state index is 6.03. The summed E-state index contributed by atoms with van der Waals surface area (Å²) in [5, 5.41) is 0. The van der Waals surface area contributed by atoms with Crippen LogP contribution >= 0.6 is 0 Å². The zero-order chi connectivity index (χ0) is 11.6. The van der Waals surface area contributed by atoms with Crippen LogP contribution in [0.4, 0.5) is 0 Å². The summed E-state index contributed by atoms with van der Waals surface area (Å²) in [5.74, 6) is 1.67. The first-order valence-electron chi connectivity index (χ1n) is 6.79. The first-order chi connectivity index (χ1) is 7.72. The van der Waals surface area contributed by atoms with Gasteiger partial charge in [0.25, 0.3) is 0 Å². The van der Waals surface area contributed by atoms with E-state index in [4.69, 9.17) is 5.73 Å². The fourth-order valence-corrected chi connectivity index (χ4v) is 3.42. The molecule has 0 saturated heterocycles. The molecule has 0 aromatic heterocycles. The largest absolute Gasteiger partial charge is 0.370 e. The van der Waals surface area contributed by atoms with Crippen molar-refractivity contribution < 1.29 is 0 Å². The van der Waals surface area contributed by atoms with Crippen molar-refractivity contribution >= 4 is 5.96 Å². The maximum absolute atomic E-state index is 6.03. The lowest BCUT2D eigenvalue weighted by molar-refractivity contribution is 0.106. The first kappa shape index (κ1) is 11.7. The van der Waals surface area contributed by atoms with Gasteiger partial charge < -0.3 is 10.6 Å². The van der Waals surface area contributed by atoms with Crippen molar-refractivity contribution in [2.24, 2.45) is 16.6 Å². The summed E-state index contributed by atoms with van der Waals surface area (Å²) >= 11 is 0. The van der Waals surface area contributed by atoms with Crippen LogP contribution in [0.3, 0.4) is 0 Å². The van der Waals surface area contributed by atoms with E-state index in [0.717, 1.165) is 31.4 Å². The van der Waals surface area contributed by atoms with Gasteiger partial charge in [0.05, 0.1) is 12.1 Å². The quantitative estimate of drug-likeness (QED) is 0.798. The third-order valence-corrected chi connectivity index (χ3v) is 4.33. The predicted molar refractivity (Wildman–Crippen MR) is 68.5 cm³/mol. The van der Waals surface area contributed by atoms with Crippen LogP contribution in [0.2, 0.25) is 0 Å². The molecule has 1 heterocycles. The van der Waals surface area contributed by atoms with E-state index >= 15 is 0 Å². The molecule has 1 aliphatic carbocycles. The lowest BCUT2D eigenvalue weighted by atomic mass is 9.74. The molecule has 16 heavy (non-hydrogen) atoms. The molecule has 2 unspecified atom stereocenters. The van der Waals surface area contributed by atoms with Crippen molar-refractivity contribution in [1.82, 2.24) is 4.90 Å². The zero-order valence-electron chi connectivity index (χ0n) is 10.7. The highest BCUT2D eigenvalue weighted by Gasteiger charge is 2.44. The molecule has 0 bridgehead atoms. The van der Waals surface area contributed by atoms with Gasteiger partial charge in [-0.2, -0.15) is 0 Å². The number of rotatable bonds is 3. The third-order valence-electron chi connectivity index (χ3n) is 4.33. The Morgan fingerprint density at radius 3 is 3.00 bits per heavy atom. The number of hydrogen-bond acceptors (Lipinski definition) is 3. The standard InChI is InChI=1S/C13H25N3/c1-3-8-16-12(14)15-10-13(16)7-5-6-11(4-2)9-13/h11H,3-10H2,1-2H3,(H2,14,15). The van der Waals surface area contributed by atoms with Gasteiger partial charge in [-0.25, -0.2) is 0 Å². The minimum Gasteiger partial charge on any atom is -0.370 e. The second-order valence-electron chi connectivity index (χ2n) is 5.42. The van der Waals surface area contributed by atoms with Gasteiger partial charge in [-0.05, 0) is 25.2 Å². The SMILES string of the molecule is CCCN1C(N)=NCC12CCCC(CC)C2. The zero-order valence-corrected chi connectivity index (χ0v) is 10.7. The fourth-order valence-electron chi connectivity index (χ4n) is 3.42. The molecule has 1 aliphatic heterocycles. The van der Waals surface area contributed by atoms with Crippen molar-refractivity contribution in [1.29, 1.82) is 0 Å². The van der Waals surface area contributed by atoms with E-state index in [1.807, 2.05) is 0 Å². The topological polar surface area (TPSA) is 41.6 Å². The van der Waals surface area contributed by atoms with Crippen LogP contribution in [-0.4, -0.2) is 29.5 Å². The molecule has 2 aliphatic rings. The Morgan fingerprint density at radius 1 is 1.50 bits per heavy atom. The molecule has 1 fully saturated rings. The van der Waals surface area contributed by atoms with Gasteiger partial charge in [0.2, 0.25) is 0 Å². The van der Waals surface area contributed by atoms with Crippen molar-refractivity contribution in [3.8, 4) is 0 Å². The van der Waals surface area contributed by atoms with Crippen LogP contribution in [0.15, 0.2) is 4.99 Å². The maximum Gasteiger partial charge on any atom is 0.191 e. The van der Waals surface area contributed by atoms with Gasteiger partial charge in [-0.1, -0.05) is 33.1 Å². The molecule has 2 atom stereocenters. The summed E-state index contributed by atoms with van der Waals surface area (Å²) in [6.07, 6.45) is 7.80. The Kier molecular flexibility index (Phi) is 3.41. The molecule has 0 radical (unpaired) electrons. The lowest BCUT2D eigenvalue weighted by Crippen LogP contribution is -2.54. The summed E-state index contributed by atoms with van der Waals surface area (Å²) < 4.78 is 0. The Labute approximate surface area is 99.1 Å². The molecule has 0 aromatic carbocycles. The van der Waals surface area contributed by atoms with Crippen molar-refractivity contribution in [2.45, 2.75) is 57.9 Å². The minimum absolute atomic E-state index is 0.291. The molecule has 0 amide bonds. The van der Waals surface area contributed by atoms with Crippen LogP contribution in [0.5, 0.6) is 0 Å². The van der Waals surface area contributed by atoms with Gasteiger partial charge in [0.15, 0.2) is 5.96 Å². The molecule has 3 nitrogen and oxygen atoms in total. The van der Waals surface area contributed by atoms with Crippen LogP contribution in [-0.2, 0) is 0 Å². The van der Waals surface area contributed by atoms with E-state index in [2.05, 4.69) is 23.7 Å². The summed E-state index contributed by atoms with van der Waals surface area (Å²) in [6.45, 7) is 6.55. The molecule has 2 N–H and O–H groups in total. The number of guanidine groups is 1. The monoisotopic (exact) mass is 223 g/mol.